The third-order valence-corrected chi connectivity index (χ3v) is 3.57. The Bertz CT molecular complexity index is 805. The fourth-order valence-electron chi connectivity index (χ4n) is 2.44. The van der Waals surface area contributed by atoms with Gasteiger partial charge in [-0.15, -0.1) is 0 Å². The average molecular weight is 296 g/mol. The minimum atomic E-state index is -0.569. The van der Waals surface area contributed by atoms with Gasteiger partial charge in [0.2, 0.25) is 0 Å². The van der Waals surface area contributed by atoms with Crippen molar-refractivity contribution in [3.05, 3.63) is 57.6 Å². The topological polar surface area (TPSA) is 109 Å². The van der Waals surface area contributed by atoms with Crippen molar-refractivity contribution in [3.63, 3.8) is 0 Å². The maximum Gasteiger partial charge on any atom is 0.194 e. The lowest BCUT2D eigenvalue weighted by atomic mass is 9.82. The second kappa shape index (κ2) is 4.63. The van der Waals surface area contributed by atoms with E-state index in [1.165, 1.54) is 0 Å². The van der Waals surface area contributed by atoms with Gasteiger partial charge in [-0.05, 0) is 24.3 Å². The third kappa shape index (κ3) is 1.74. The fraction of sp³-hybridized carbons (Fsp3) is 0. The Morgan fingerprint density at radius 1 is 0.636 bits per heavy atom. The van der Waals surface area contributed by atoms with Crippen LogP contribution in [-0.2, 0) is 0 Å². The van der Waals surface area contributed by atoms with Gasteiger partial charge >= 0.3 is 0 Å². The van der Waals surface area contributed by atoms with Crippen LogP contribution >= 0.6 is 0 Å². The van der Waals surface area contributed by atoms with Crippen molar-refractivity contribution in [1.82, 2.24) is 0 Å². The highest BCUT2D eigenvalue weighted by atomic mass is 16.3. The number of benzene rings is 2. The molecule has 3 rings (SSSR count). The van der Waals surface area contributed by atoms with E-state index in [0.717, 1.165) is 24.3 Å². The number of carbonyl (C=O) groups excluding carboxylic acids is 4. The van der Waals surface area contributed by atoms with E-state index in [-0.39, 0.29) is 33.4 Å². The summed E-state index contributed by atoms with van der Waals surface area (Å²) >= 11 is 0. The van der Waals surface area contributed by atoms with Crippen LogP contribution in [0.2, 0.25) is 0 Å². The van der Waals surface area contributed by atoms with Crippen LogP contribution in [-0.4, -0.2) is 34.4 Å². The molecule has 0 bridgehead atoms. The van der Waals surface area contributed by atoms with Gasteiger partial charge in [-0.1, -0.05) is 0 Å². The summed E-state index contributed by atoms with van der Waals surface area (Å²) in [6.45, 7) is 0. The first-order chi connectivity index (χ1) is 10.5. The Hall–Kier alpha value is -3.28. The van der Waals surface area contributed by atoms with Crippen LogP contribution in [0.5, 0.6) is 11.5 Å². The van der Waals surface area contributed by atoms with Crippen LogP contribution < -0.4 is 0 Å². The molecule has 6 heteroatoms. The standard InChI is InChI=1S/C16H8O6/c17-5-7-1-9-11(3-13(7)19)16(22)10-2-8(6-18)14(20)4-12(10)15(9)21/h1-6,19-20H. The Kier molecular flexibility index (Phi) is 2.88. The largest absolute Gasteiger partial charge is 0.507 e. The van der Waals surface area contributed by atoms with Crippen molar-refractivity contribution in [2.45, 2.75) is 0 Å². The molecular formula is C16H8O6. The maximum atomic E-state index is 12.4. The van der Waals surface area contributed by atoms with E-state index in [2.05, 4.69) is 0 Å². The molecule has 1 aliphatic carbocycles. The number of carbonyl (C=O) groups is 4. The van der Waals surface area contributed by atoms with Gasteiger partial charge in [0.25, 0.3) is 0 Å². The van der Waals surface area contributed by atoms with E-state index in [4.69, 9.17) is 0 Å². The van der Waals surface area contributed by atoms with Gasteiger partial charge in [-0.3, -0.25) is 19.2 Å². The van der Waals surface area contributed by atoms with Crippen molar-refractivity contribution in [1.29, 1.82) is 0 Å². The summed E-state index contributed by atoms with van der Waals surface area (Å²) in [6, 6.07) is 4.36. The molecule has 0 fully saturated rings. The number of phenols is 2. The predicted molar refractivity (Wildman–Crippen MR) is 73.9 cm³/mol. The van der Waals surface area contributed by atoms with Crippen molar-refractivity contribution >= 4 is 24.1 Å². The number of rotatable bonds is 2. The monoisotopic (exact) mass is 296 g/mol. The quantitative estimate of drug-likeness (QED) is 0.694. The second-order valence-corrected chi connectivity index (χ2v) is 4.81. The highest BCUT2D eigenvalue weighted by Crippen LogP contribution is 2.33. The van der Waals surface area contributed by atoms with Crippen molar-refractivity contribution in [3.8, 4) is 11.5 Å². The first-order valence-corrected chi connectivity index (χ1v) is 6.21. The molecule has 0 amide bonds. The zero-order valence-corrected chi connectivity index (χ0v) is 11.0. The van der Waals surface area contributed by atoms with Gasteiger partial charge in [0.05, 0.1) is 11.1 Å². The average Bonchev–Trinajstić information content (AvgIpc) is 2.52. The molecule has 2 aromatic carbocycles. The number of aldehydes is 2. The number of ketones is 2. The van der Waals surface area contributed by atoms with Crippen LogP contribution in [0, 0.1) is 0 Å². The number of phenolic OH excluding ortho intramolecular Hbond substituents is 2. The van der Waals surface area contributed by atoms with E-state index in [9.17, 15) is 29.4 Å². The zero-order chi connectivity index (χ0) is 16.0. The number of fused-ring (bicyclic) bond motifs is 2. The first-order valence-electron chi connectivity index (χ1n) is 6.21. The molecular weight excluding hydrogens is 288 g/mol. The van der Waals surface area contributed by atoms with E-state index in [0.29, 0.717) is 12.6 Å². The summed E-state index contributed by atoms with van der Waals surface area (Å²) in [5.74, 6) is -1.96. The molecule has 0 unspecified atom stereocenters. The highest BCUT2D eigenvalue weighted by Gasteiger charge is 2.32. The normalized spacial score (nSPS) is 12.5. The van der Waals surface area contributed by atoms with E-state index in [1.54, 1.807) is 0 Å². The van der Waals surface area contributed by atoms with Gasteiger partial charge in [0.15, 0.2) is 24.1 Å². The number of hydrogen-bond acceptors (Lipinski definition) is 6. The van der Waals surface area contributed by atoms with Crippen LogP contribution in [0.4, 0.5) is 0 Å². The molecule has 2 N–H and O–H groups in total. The van der Waals surface area contributed by atoms with Gasteiger partial charge in [-0.2, -0.15) is 0 Å². The smallest absolute Gasteiger partial charge is 0.194 e. The summed E-state index contributed by atoms with van der Waals surface area (Å²) in [7, 11) is 0. The molecule has 0 radical (unpaired) electrons. The first kappa shape index (κ1) is 13.7. The molecule has 22 heavy (non-hydrogen) atoms. The van der Waals surface area contributed by atoms with Crippen LogP contribution in [0.15, 0.2) is 24.3 Å². The summed E-state index contributed by atoms with van der Waals surface area (Å²) in [4.78, 5) is 46.6. The molecule has 0 aliphatic heterocycles. The molecule has 1 aliphatic rings. The minimum absolute atomic E-state index is 0.0318. The molecule has 2 aromatic rings. The Labute approximate surface area is 123 Å². The zero-order valence-electron chi connectivity index (χ0n) is 11.0. The number of aromatic hydroxyl groups is 2. The van der Waals surface area contributed by atoms with Gasteiger partial charge < -0.3 is 10.2 Å². The van der Waals surface area contributed by atoms with Gasteiger partial charge in [0.1, 0.15) is 11.5 Å². The lowest BCUT2D eigenvalue weighted by Crippen LogP contribution is -2.21. The molecule has 0 saturated heterocycles. The van der Waals surface area contributed by atoms with Gasteiger partial charge in [-0.25, -0.2) is 0 Å². The highest BCUT2D eigenvalue weighted by molar-refractivity contribution is 6.29. The molecule has 6 nitrogen and oxygen atoms in total. The Morgan fingerprint density at radius 2 is 0.955 bits per heavy atom. The third-order valence-electron chi connectivity index (χ3n) is 3.57. The molecule has 0 saturated carbocycles. The van der Waals surface area contributed by atoms with E-state index in [1.807, 2.05) is 0 Å². The van der Waals surface area contributed by atoms with Crippen molar-refractivity contribution in [2.75, 3.05) is 0 Å². The Balaban J connectivity index is 2.32. The molecule has 0 spiro atoms. The van der Waals surface area contributed by atoms with E-state index >= 15 is 0 Å². The van der Waals surface area contributed by atoms with Gasteiger partial charge in [0, 0.05) is 22.3 Å². The predicted octanol–water partition coefficient (Wildman–Crippen LogP) is 1.50. The molecule has 0 aromatic heterocycles. The lowest BCUT2D eigenvalue weighted by molar-refractivity contribution is 0.0977. The molecule has 108 valence electrons. The Morgan fingerprint density at radius 3 is 1.27 bits per heavy atom. The van der Waals surface area contributed by atoms with Crippen molar-refractivity contribution in [2.24, 2.45) is 0 Å². The summed E-state index contributed by atoms with van der Waals surface area (Å²) in [5, 5.41) is 19.3. The molecule has 0 heterocycles. The lowest BCUT2D eigenvalue weighted by Gasteiger charge is -2.19. The minimum Gasteiger partial charge on any atom is -0.507 e. The molecule has 0 atom stereocenters. The summed E-state index contributed by atoms with van der Waals surface area (Å²) in [6.07, 6.45) is 0.742. The van der Waals surface area contributed by atoms with Crippen LogP contribution in [0.3, 0.4) is 0 Å². The van der Waals surface area contributed by atoms with Crippen LogP contribution in [0.25, 0.3) is 0 Å². The summed E-state index contributed by atoms with van der Waals surface area (Å²) < 4.78 is 0. The number of hydrogen-bond donors (Lipinski definition) is 2. The summed E-state index contributed by atoms with van der Waals surface area (Å²) in [5.41, 5.74) is -0.397. The second-order valence-electron chi connectivity index (χ2n) is 4.81. The maximum absolute atomic E-state index is 12.4. The van der Waals surface area contributed by atoms with Crippen molar-refractivity contribution < 1.29 is 29.4 Å². The van der Waals surface area contributed by atoms with E-state index < -0.39 is 23.1 Å². The SMILES string of the molecule is O=Cc1cc2c(cc1O)C(=O)c1cc(C=O)c(O)cc1C2=O. The van der Waals surface area contributed by atoms with Crippen LogP contribution in [0.1, 0.15) is 52.6 Å². The fourth-order valence-corrected chi connectivity index (χ4v) is 2.44.